The number of benzene rings is 2. The zero-order chi connectivity index (χ0) is 19.3. The van der Waals surface area contributed by atoms with Crippen molar-refractivity contribution < 1.29 is 4.79 Å². The molecule has 0 fully saturated rings. The number of rotatable bonds is 6. The van der Waals surface area contributed by atoms with Crippen molar-refractivity contribution in [3.05, 3.63) is 96.3 Å². The van der Waals surface area contributed by atoms with E-state index in [2.05, 4.69) is 27.3 Å². The van der Waals surface area contributed by atoms with Gasteiger partial charge < -0.3 is 4.90 Å². The molecule has 0 aliphatic heterocycles. The molecule has 0 spiro atoms. The third-order valence-electron chi connectivity index (χ3n) is 4.44. The van der Waals surface area contributed by atoms with E-state index in [1.807, 2.05) is 41.2 Å². The summed E-state index contributed by atoms with van der Waals surface area (Å²) in [4.78, 5) is 18.3. The summed E-state index contributed by atoms with van der Waals surface area (Å²) in [6, 6.07) is 17.5. The lowest BCUT2D eigenvalue weighted by Crippen LogP contribution is -2.26. The summed E-state index contributed by atoms with van der Waals surface area (Å²) in [6.07, 6.45) is 6.88. The van der Waals surface area contributed by atoms with E-state index < -0.39 is 0 Å². The van der Waals surface area contributed by atoms with Gasteiger partial charge in [0, 0.05) is 30.9 Å². The molecule has 0 N–H and O–H groups in total. The first-order valence-electron chi connectivity index (χ1n) is 8.95. The van der Waals surface area contributed by atoms with Gasteiger partial charge in [-0.05, 0) is 29.8 Å². The molecule has 140 valence electrons. The molecule has 0 saturated carbocycles. The molecular weight excluding hydrogens is 352 g/mol. The number of aromatic nitrogens is 5. The molecule has 0 radical (unpaired) electrons. The zero-order valence-corrected chi connectivity index (χ0v) is 15.5. The van der Waals surface area contributed by atoms with Gasteiger partial charge in [0.25, 0.3) is 5.91 Å². The van der Waals surface area contributed by atoms with Crippen LogP contribution in [0, 0.1) is 0 Å². The first kappa shape index (κ1) is 17.7. The predicted molar refractivity (Wildman–Crippen MR) is 105 cm³/mol. The molecule has 2 heterocycles. The van der Waals surface area contributed by atoms with Crippen LogP contribution in [0.15, 0.2) is 79.6 Å². The maximum atomic E-state index is 12.7. The highest BCUT2D eigenvalue weighted by Gasteiger charge is 2.13. The SMILES string of the molecule is CN(Cc1cnn(Cc2ccccc2)c1)C(=O)c1ccc(-n2cncn2)cc1. The van der Waals surface area contributed by atoms with Crippen LogP contribution in [0.1, 0.15) is 21.5 Å². The normalized spacial score (nSPS) is 10.8. The van der Waals surface area contributed by atoms with Crippen molar-refractivity contribution in [2.45, 2.75) is 13.1 Å². The van der Waals surface area contributed by atoms with Gasteiger partial charge in [0.2, 0.25) is 0 Å². The van der Waals surface area contributed by atoms with Crippen molar-refractivity contribution in [3.63, 3.8) is 0 Å². The Balaban J connectivity index is 1.39. The average Bonchev–Trinajstić information content (AvgIpc) is 3.41. The lowest BCUT2D eigenvalue weighted by molar-refractivity contribution is 0.0785. The highest BCUT2D eigenvalue weighted by atomic mass is 16.2. The Bertz CT molecular complexity index is 1040. The molecule has 0 unspecified atom stereocenters. The zero-order valence-electron chi connectivity index (χ0n) is 15.5. The molecule has 0 saturated heterocycles. The summed E-state index contributed by atoms with van der Waals surface area (Å²) in [5, 5.41) is 8.48. The standard InChI is InChI=1S/C21H20N6O/c1-25(12-18-11-23-26(14-18)13-17-5-3-2-4-6-17)21(28)19-7-9-20(10-8-19)27-16-22-15-24-27/h2-11,14-16H,12-13H2,1H3. The van der Waals surface area contributed by atoms with Gasteiger partial charge in [-0.1, -0.05) is 30.3 Å². The first-order valence-corrected chi connectivity index (χ1v) is 8.95. The van der Waals surface area contributed by atoms with E-state index in [0.717, 1.165) is 11.3 Å². The summed E-state index contributed by atoms with van der Waals surface area (Å²) in [6.45, 7) is 1.21. The lowest BCUT2D eigenvalue weighted by Gasteiger charge is -2.16. The van der Waals surface area contributed by atoms with Crippen LogP contribution < -0.4 is 0 Å². The number of carbonyl (C=O) groups is 1. The number of hydrogen-bond acceptors (Lipinski definition) is 4. The number of amides is 1. The number of nitrogens with zero attached hydrogens (tertiary/aromatic N) is 6. The Morgan fingerprint density at radius 3 is 2.50 bits per heavy atom. The highest BCUT2D eigenvalue weighted by molar-refractivity contribution is 5.94. The van der Waals surface area contributed by atoms with Crippen molar-refractivity contribution in [1.82, 2.24) is 29.4 Å². The van der Waals surface area contributed by atoms with Crippen molar-refractivity contribution >= 4 is 5.91 Å². The molecule has 2 aromatic carbocycles. The Hall–Kier alpha value is -3.74. The Labute approximate surface area is 162 Å². The van der Waals surface area contributed by atoms with Crippen LogP contribution in [-0.2, 0) is 13.1 Å². The third kappa shape index (κ3) is 3.98. The van der Waals surface area contributed by atoms with Gasteiger partial charge in [-0.3, -0.25) is 9.48 Å². The summed E-state index contributed by atoms with van der Waals surface area (Å²) >= 11 is 0. The van der Waals surface area contributed by atoms with E-state index in [1.165, 1.54) is 11.9 Å². The third-order valence-corrected chi connectivity index (χ3v) is 4.44. The van der Waals surface area contributed by atoms with Crippen LogP contribution in [-0.4, -0.2) is 42.4 Å². The smallest absolute Gasteiger partial charge is 0.253 e. The van der Waals surface area contributed by atoms with Gasteiger partial charge in [-0.15, -0.1) is 0 Å². The van der Waals surface area contributed by atoms with Crippen molar-refractivity contribution in [2.75, 3.05) is 7.05 Å². The van der Waals surface area contributed by atoms with Crippen LogP contribution in [0.3, 0.4) is 0 Å². The van der Waals surface area contributed by atoms with Crippen LogP contribution in [0.25, 0.3) is 5.69 Å². The fourth-order valence-electron chi connectivity index (χ4n) is 3.01. The van der Waals surface area contributed by atoms with E-state index in [1.54, 1.807) is 41.3 Å². The van der Waals surface area contributed by atoms with E-state index in [9.17, 15) is 4.79 Å². The topological polar surface area (TPSA) is 68.8 Å². The molecule has 0 aliphatic rings. The first-order chi connectivity index (χ1) is 13.7. The quantitative estimate of drug-likeness (QED) is 0.522. The maximum absolute atomic E-state index is 12.7. The molecular formula is C21H20N6O. The van der Waals surface area contributed by atoms with E-state index >= 15 is 0 Å². The second-order valence-electron chi connectivity index (χ2n) is 6.58. The van der Waals surface area contributed by atoms with Gasteiger partial charge in [0.05, 0.1) is 18.4 Å². The average molecular weight is 372 g/mol. The molecule has 7 nitrogen and oxygen atoms in total. The van der Waals surface area contributed by atoms with Gasteiger partial charge in [0.15, 0.2) is 0 Å². The molecule has 2 aromatic heterocycles. The molecule has 7 heteroatoms. The summed E-state index contributed by atoms with van der Waals surface area (Å²) < 4.78 is 3.54. The van der Waals surface area contributed by atoms with Crippen molar-refractivity contribution in [1.29, 1.82) is 0 Å². The lowest BCUT2D eigenvalue weighted by atomic mass is 10.1. The molecule has 4 rings (SSSR count). The fraction of sp³-hybridized carbons (Fsp3) is 0.143. The highest BCUT2D eigenvalue weighted by Crippen LogP contribution is 2.12. The molecule has 0 atom stereocenters. The Morgan fingerprint density at radius 2 is 1.79 bits per heavy atom. The Morgan fingerprint density at radius 1 is 1.00 bits per heavy atom. The van der Waals surface area contributed by atoms with Gasteiger partial charge in [-0.2, -0.15) is 10.2 Å². The monoisotopic (exact) mass is 372 g/mol. The van der Waals surface area contributed by atoms with Crippen molar-refractivity contribution in [2.24, 2.45) is 0 Å². The minimum Gasteiger partial charge on any atom is -0.337 e. The van der Waals surface area contributed by atoms with Crippen molar-refractivity contribution in [3.8, 4) is 5.69 Å². The largest absolute Gasteiger partial charge is 0.337 e. The fourth-order valence-corrected chi connectivity index (χ4v) is 3.01. The maximum Gasteiger partial charge on any atom is 0.253 e. The van der Waals surface area contributed by atoms with E-state index in [4.69, 9.17) is 0 Å². The summed E-state index contributed by atoms with van der Waals surface area (Å²) in [7, 11) is 1.79. The molecule has 0 aliphatic carbocycles. The molecule has 0 bridgehead atoms. The second-order valence-corrected chi connectivity index (χ2v) is 6.58. The number of carbonyl (C=O) groups excluding carboxylic acids is 1. The minimum absolute atomic E-state index is 0.0408. The van der Waals surface area contributed by atoms with Crippen LogP contribution in [0.5, 0.6) is 0 Å². The molecule has 4 aromatic rings. The molecule has 28 heavy (non-hydrogen) atoms. The summed E-state index contributed by atoms with van der Waals surface area (Å²) in [5.74, 6) is -0.0408. The van der Waals surface area contributed by atoms with Crippen LogP contribution in [0.2, 0.25) is 0 Å². The van der Waals surface area contributed by atoms with Gasteiger partial charge >= 0.3 is 0 Å². The van der Waals surface area contributed by atoms with Crippen LogP contribution in [0.4, 0.5) is 0 Å². The second kappa shape index (κ2) is 7.87. The van der Waals surface area contributed by atoms with Gasteiger partial charge in [-0.25, -0.2) is 9.67 Å². The predicted octanol–water partition coefficient (Wildman–Crippen LogP) is 2.78. The minimum atomic E-state index is -0.0408. The summed E-state index contributed by atoms with van der Waals surface area (Å²) in [5.41, 5.74) is 3.67. The Kier molecular flexibility index (Phi) is 4.97. The van der Waals surface area contributed by atoms with E-state index in [0.29, 0.717) is 18.7 Å². The van der Waals surface area contributed by atoms with Crippen LogP contribution >= 0.6 is 0 Å². The number of hydrogen-bond donors (Lipinski definition) is 0. The molecule has 1 amide bonds. The van der Waals surface area contributed by atoms with E-state index in [-0.39, 0.29) is 5.91 Å². The van der Waals surface area contributed by atoms with Gasteiger partial charge in [0.1, 0.15) is 12.7 Å².